The number of hydrogen-bond acceptors (Lipinski definition) is 1. The summed E-state index contributed by atoms with van der Waals surface area (Å²) in [4.78, 5) is 0. The van der Waals surface area contributed by atoms with Gasteiger partial charge in [0.15, 0.2) is 0 Å². The van der Waals surface area contributed by atoms with E-state index in [1.165, 1.54) is 12.1 Å². The largest absolute Gasteiger partial charge is 0.416 e. The molecule has 0 unspecified atom stereocenters. The Hall–Kier alpha value is -1.68. The van der Waals surface area contributed by atoms with E-state index in [9.17, 15) is 13.2 Å². The topological polar surface area (TPSA) is 12.0 Å². The van der Waals surface area contributed by atoms with Crippen molar-refractivity contribution in [1.82, 2.24) is 0 Å². The van der Waals surface area contributed by atoms with Gasteiger partial charge in [-0.3, -0.25) is 0 Å². The van der Waals surface area contributed by atoms with Gasteiger partial charge in [-0.25, -0.2) is 0 Å². The summed E-state index contributed by atoms with van der Waals surface area (Å²) in [5, 5.41) is 3.82. The highest BCUT2D eigenvalue weighted by Crippen LogP contribution is 2.29. The maximum Gasteiger partial charge on any atom is 0.416 e. The molecule has 0 heterocycles. The molecule has 0 aliphatic rings. The third-order valence-corrected chi connectivity index (χ3v) is 3.08. The Balaban J connectivity index is 1.88. The van der Waals surface area contributed by atoms with E-state index in [1.807, 2.05) is 12.1 Å². The lowest BCUT2D eigenvalue weighted by Crippen LogP contribution is -2.07. The highest BCUT2D eigenvalue weighted by Gasteiger charge is 2.29. The van der Waals surface area contributed by atoms with Gasteiger partial charge in [-0.05, 0) is 42.3 Å². The lowest BCUT2D eigenvalue weighted by molar-refractivity contribution is -0.137. The number of rotatable bonds is 4. The van der Waals surface area contributed by atoms with Gasteiger partial charge in [-0.1, -0.05) is 29.8 Å². The van der Waals surface area contributed by atoms with Crippen molar-refractivity contribution in [1.29, 1.82) is 0 Å². The van der Waals surface area contributed by atoms with Gasteiger partial charge in [0.2, 0.25) is 0 Å². The highest BCUT2D eigenvalue weighted by atomic mass is 35.5. The fourth-order valence-corrected chi connectivity index (χ4v) is 2.00. The van der Waals surface area contributed by atoms with E-state index in [0.29, 0.717) is 18.0 Å². The van der Waals surface area contributed by atoms with Crippen molar-refractivity contribution in [3.8, 4) is 0 Å². The van der Waals surface area contributed by atoms with Crippen LogP contribution in [0.2, 0.25) is 5.02 Å². The molecule has 0 amide bonds. The lowest BCUT2D eigenvalue weighted by atomic mass is 10.1. The molecule has 2 aromatic carbocycles. The molecule has 20 heavy (non-hydrogen) atoms. The van der Waals surface area contributed by atoms with Gasteiger partial charge < -0.3 is 5.32 Å². The van der Waals surface area contributed by atoms with Crippen molar-refractivity contribution in [2.24, 2.45) is 0 Å². The monoisotopic (exact) mass is 299 g/mol. The Bertz CT molecular complexity index is 564. The first kappa shape index (κ1) is 14.7. The molecule has 2 rings (SSSR count). The first-order chi connectivity index (χ1) is 9.45. The van der Waals surface area contributed by atoms with Crippen molar-refractivity contribution < 1.29 is 13.2 Å². The van der Waals surface area contributed by atoms with Crippen LogP contribution in [0.25, 0.3) is 0 Å². The average molecular weight is 300 g/mol. The summed E-state index contributed by atoms with van der Waals surface area (Å²) in [6.45, 7) is 0.631. The van der Waals surface area contributed by atoms with Crippen LogP contribution >= 0.6 is 11.6 Å². The Labute approximate surface area is 120 Å². The molecule has 0 saturated heterocycles. The first-order valence-electron chi connectivity index (χ1n) is 6.11. The molecule has 2 aromatic rings. The number of benzene rings is 2. The van der Waals surface area contributed by atoms with Crippen LogP contribution < -0.4 is 5.32 Å². The molecule has 0 atom stereocenters. The molecule has 0 radical (unpaired) electrons. The second-order valence-electron chi connectivity index (χ2n) is 4.38. The van der Waals surface area contributed by atoms with Crippen LogP contribution in [0.3, 0.4) is 0 Å². The molecule has 0 bridgehead atoms. The van der Waals surface area contributed by atoms with E-state index in [-0.39, 0.29) is 0 Å². The minimum atomic E-state index is -4.28. The molecule has 106 valence electrons. The minimum Gasteiger partial charge on any atom is -0.385 e. The number of anilines is 1. The quantitative estimate of drug-likeness (QED) is 0.836. The van der Waals surface area contributed by atoms with E-state index in [0.717, 1.165) is 23.4 Å². The second kappa shape index (κ2) is 6.18. The number of alkyl halides is 3. The fourth-order valence-electron chi connectivity index (χ4n) is 1.81. The molecule has 5 heteroatoms. The molecule has 0 saturated carbocycles. The molecule has 0 spiro atoms. The summed E-state index contributed by atoms with van der Waals surface area (Å²) < 4.78 is 37.2. The second-order valence-corrected chi connectivity index (χ2v) is 4.82. The first-order valence-corrected chi connectivity index (χ1v) is 6.48. The molecule has 1 nitrogen and oxygen atoms in total. The summed E-state index contributed by atoms with van der Waals surface area (Å²) >= 11 is 5.85. The van der Waals surface area contributed by atoms with E-state index in [1.54, 1.807) is 12.1 Å². The molecule has 0 aliphatic carbocycles. The van der Waals surface area contributed by atoms with Crippen molar-refractivity contribution in [3.63, 3.8) is 0 Å². The van der Waals surface area contributed by atoms with Crippen LogP contribution in [-0.2, 0) is 12.6 Å². The van der Waals surface area contributed by atoms with Crippen LogP contribution in [0.15, 0.2) is 48.5 Å². The summed E-state index contributed by atoms with van der Waals surface area (Å²) in [5.74, 6) is 0. The molecule has 0 aromatic heterocycles. The maximum atomic E-state index is 12.4. The Morgan fingerprint density at radius 3 is 2.30 bits per heavy atom. The summed E-state index contributed by atoms with van der Waals surface area (Å²) in [7, 11) is 0. The van der Waals surface area contributed by atoms with Crippen LogP contribution in [0.4, 0.5) is 18.9 Å². The summed E-state index contributed by atoms with van der Waals surface area (Å²) in [6.07, 6.45) is -3.64. The third-order valence-electron chi connectivity index (χ3n) is 2.85. The van der Waals surface area contributed by atoms with Crippen LogP contribution in [0.5, 0.6) is 0 Å². The van der Waals surface area contributed by atoms with E-state index in [4.69, 9.17) is 11.6 Å². The zero-order valence-corrected chi connectivity index (χ0v) is 11.3. The van der Waals surface area contributed by atoms with Gasteiger partial charge in [0, 0.05) is 17.3 Å². The lowest BCUT2D eigenvalue weighted by Gasteiger charge is -2.09. The Morgan fingerprint density at radius 1 is 1.00 bits per heavy atom. The van der Waals surface area contributed by atoms with Gasteiger partial charge in [0.05, 0.1) is 5.56 Å². The average Bonchev–Trinajstić information content (AvgIpc) is 2.38. The maximum absolute atomic E-state index is 12.4. The SMILES string of the molecule is FC(F)(F)c1ccc(CCNc2cccc(Cl)c2)cc1. The minimum absolute atomic E-state index is 0.621. The van der Waals surface area contributed by atoms with Crippen LogP contribution in [0.1, 0.15) is 11.1 Å². The Kier molecular flexibility index (Phi) is 4.55. The summed E-state index contributed by atoms with van der Waals surface area (Å²) in [6, 6.07) is 12.5. The molecule has 0 aliphatic heterocycles. The fraction of sp³-hybridized carbons (Fsp3) is 0.200. The highest BCUT2D eigenvalue weighted by molar-refractivity contribution is 6.30. The van der Waals surface area contributed by atoms with Gasteiger partial charge in [-0.15, -0.1) is 0 Å². The zero-order valence-electron chi connectivity index (χ0n) is 10.5. The van der Waals surface area contributed by atoms with Crippen LogP contribution in [-0.4, -0.2) is 6.54 Å². The number of nitrogens with one attached hydrogen (secondary N) is 1. The number of hydrogen-bond donors (Lipinski definition) is 1. The molecule has 0 fully saturated rings. The molecule has 1 N–H and O–H groups in total. The third kappa shape index (κ3) is 4.17. The normalized spacial score (nSPS) is 11.4. The van der Waals surface area contributed by atoms with Crippen molar-refractivity contribution in [2.75, 3.05) is 11.9 Å². The summed E-state index contributed by atoms with van der Waals surface area (Å²) in [5.41, 5.74) is 1.13. The van der Waals surface area contributed by atoms with Crippen molar-refractivity contribution in [3.05, 3.63) is 64.7 Å². The van der Waals surface area contributed by atoms with Gasteiger partial charge in [0.1, 0.15) is 0 Å². The van der Waals surface area contributed by atoms with Gasteiger partial charge >= 0.3 is 6.18 Å². The van der Waals surface area contributed by atoms with Crippen molar-refractivity contribution in [2.45, 2.75) is 12.6 Å². The molecular formula is C15H13ClF3N. The van der Waals surface area contributed by atoms with Gasteiger partial charge in [-0.2, -0.15) is 13.2 Å². The van der Waals surface area contributed by atoms with E-state index >= 15 is 0 Å². The van der Waals surface area contributed by atoms with E-state index in [2.05, 4.69) is 5.32 Å². The Morgan fingerprint density at radius 2 is 1.70 bits per heavy atom. The van der Waals surface area contributed by atoms with Crippen LogP contribution in [0, 0.1) is 0 Å². The van der Waals surface area contributed by atoms with E-state index < -0.39 is 11.7 Å². The van der Waals surface area contributed by atoms with Crippen molar-refractivity contribution >= 4 is 17.3 Å². The predicted molar refractivity (Wildman–Crippen MR) is 75.1 cm³/mol. The number of halogens is 4. The zero-order chi connectivity index (χ0) is 14.6. The molecular weight excluding hydrogens is 287 g/mol. The smallest absolute Gasteiger partial charge is 0.385 e. The predicted octanol–water partition coefficient (Wildman–Crippen LogP) is 5.01. The standard InChI is InChI=1S/C15H13ClF3N/c16-13-2-1-3-14(10-13)20-9-8-11-4-6-12(7-5-11)15(17,18)19/h1-7,10,20H,8-9H2. The van der Waals surface area contributed by atoms with Gasteiger partial charge in [0.25, 0.3) is 0 Å².